The van der Waals surface area contributed by atoms with E-state index in [1.807, 2.05) is 12.1 Å². The third-order valence-corrected chi connectivity index (χ3v) is 4.73. The second-order valence-corrected chi connectivity index (χ2v) is 6.53. The van der Waals surface area contributed by atoms with E-state index >= 15 is 0 Å². The number of benzene rings is 2. The average molecular weight is 346 g/mol. The molecule has 0 aromatic heterocycles. The van der Waals surface area contributed by atoms with Gasteiger partial charge in [-0.3, -0.25) is 0 Å². The van der Waals surface area contributed by atoms with Crippen molar-refractivity contribution in [3.8, 4) is 5.75 Å². The van der Waals surface area contributed by atoms with Gasteiger partial charge in [-0.25, -0.2) is 0 Å². The van der Waals surface area contributed by atoms with Gasteiger partial charge >= 0.3 is 0 Å². The van der Waals surface area contributed by atoms with E-state index in [1.54, 1.807) is 7.11 Å². The van der Waals surface area contributed by atoms with Gasteiger partial charge in [0.25, 0.3) is 0 Å². The largest absolute Gasteiger partial charge is 0.496 e. The van der Waals surface area contributed by atoms with Crippen molar-refractivity contribution in [2.24, 2.45) is 0 Å². The smallest absolute Gasteiger partial charge is 0.123 e. The highest BCUT2D eigenvalue weighted by atomic mass is 79.9. The molecule has 110 valence electrons. The maximum absolute atomic E-state index is 5.39. The Hall–Kier alpha value is -1.32. The molecule has 0 atom stereocenters. The zero-order valence-electron chi connectivity index (χ0n) is 12.2. The standard InChI is InChI=1S/C18H20BrNO/c1-21-18-8-3-2-5-14(18)12-20-17-10-15(11-17)13-6-4-7-16(19)9-13/h2-9,15,17,20H,10-12H2,1H3. The summed E-state index contributed by atoms with van der Waals surface area (Å²) in [4.78, 5) is 0. The SMILES string of the molecule is COc1ccccc1CNC1CC(c2cccc(Br)c2)C1. The molecule has 0 radical (unpaired) electrons. The molecule has 3 heteroatoms. The molecule has 1 N–H and O–H groups in total. The minimum atomic E-state index is 0.610. The van der Waals surface area contributed by atoms with Crippen molar-refractivity contribution in [1.29, 1.82) is 0 Å². The van der Waals surface area contributed by atoms with Gasteiger partial charge < -0.3 is 10.1 Å². The van der Waals surface area contributed by atoms with Gasteiger partial charge in [-0.05, 0) is 42.5 Å². The lowest BCUT2D eigenvalue weighted by atomic mass is 9.76. The van der Waals surface area contributed by atoms with E-state index in [0.717, 1.165) is 12.3 Å². The number of para-hydroxylation sites is 1. The topological polar surface area (TPSA) is 21.3 Å². The van der Waals surface area contributed by atoms with Gasteiger partial charge in [0.15, 0.2) is 0 Å². The van der Waals surface area contributed by atoms with E-state index in [2.05, 4.69) is 57.6 Å². The van der Waals surface area contributed by atoms with Gasteiger partial charge in [0, 0.05) is 22.6 Å². The van der Waals surface area contributed by atoms with E-state index in [-0.39, 0.29) is 0 Å². The fourth-order valence-electron chi connectivity index (χ4n) is 2.92. The van der Waals surface area contributed by atoms with Crippen molar-refractivity contribution in [1.82, 2.24) is 5.32 Å². The second kappa shape index (κ2) is 6.63. The molecule has 1 fully saturated rings. The molecule has 1 aliphatic rings. The van der Waals surface area contributed by atoms with Crippen LogP contribution >= 0.6 is 15.9 Å². The van der Waals surface area contributed by atoms with Crippen molar-refractivity contribution in [2.75, 3.05) is 7.11 Å². The molecule has 0 aliphatic heterocycles. The Labute approximate surface area is 134 Å². The summed E-state index contributed by atoms with van der Waals surface area (Å²) in [7, 11) is 1.73. The number of halogens is 1. The molecule has 2 aromatic carbocycles. The Morgan fingerprint density at radius 1 is 1.14 bits per heavy atom. The van der Waals surface area contributed by atoms with Crippen LogP contribution in [0, 0.1) is 0 Å². The normalized spacial score (nSPS) is 20.9. The fourth-order valence-corrected chi connectivity index (χ4v) is 3.34. The van der Waals surface area contributed by atoms with Crippen LogP contribution in [-0.2, 0) is 6.54 Å². The summed E-state index contributed by atoms with van der Waals surface area (Å²) in [6.45, 7) is 0.875. The Balaban J connectivity index is 1.51. The number of hydrogen-bond donors (Lipinski definition) is 1. The minimum absolute atomic E-state index is 0.610. The van der Waals surface area contributed by atoms with Crippen LogP contribution in [-0.4, -0.2) is 13.2 Å². The Kier molecular flexibility index (Phi) is 4.61. The van der Waals surface area contributed by atoms with Gasteiger partial charge in [0.1, 0.15) is 5.75 Å². The van der Waals surface area contributed by atoms with Crippen molar-refractivity contribution in [2.45, 2.75) is 31.3 Å². The molecule has 2 aromatic rings. The molecule has 0 unspecified atom stereocenters. The number of ether oxygens (including phenoxy) is 1. The van der Waals surface area contributed by atoms with Crippen LogP contribution in [0.25, 0.3) is 0 Å². The lowest BCUT2D eigenvalue weighted by Crippen LogP contribution is -2.39. The predicted molar refractivity (Wildman–Crippen MR) is 89.7 cm³/mol. The first-order valence-electron chi connectivity index (χ1n) is 7.37. The zero-order chi connectivity index (χ0) is 14.7. The Morgan fingerprint density at radius 2 is 1.95 bits per heavy atom. The minimum Gasteiger partial charge on any atom is -0.496 e. The quantitative estimate of drug-likeness (QED) is 0.861. The van der Waals surface area contributed by atoms with Gasteiger partial charge in [-0.2, -0.15) is 0 Å². The summed E-state index contributed by atoms with van der Waals surface area (Å²) in [6, 6.07) is 17.5. The van der Waals surface area contributed by atoms with Gasteiger partial charge in [0.05, 0.1) is 7.11 Å². The third kappa shape index (κ3) is 3.47. The highest BCUT2D eigenvalue weighted by Gasteiger charge is 2.29. The van der Waals surface area contributed by atoms with Crippen LogP contribution in [0.1, 0.15) is 29.9 Å². The van der Waals surface area contributed by atoms with Crippen molar-refractivity contribution < 1.29 is 4.74 Å². The molecule has 3 rings (SSSR count). The maximum atomic E-state index is 5.39. The van der Waals surface area contributed by atoms with Crippen LogP contribution in [0.5, 0.6) is 5.75 Å². The molecule has 0 bridgehead atoms. The first-order chi connectivity index (χ1) is 10.3. The third-order valence-electron chi connectivity index (χ3n) is 4.23. The average Bonchev–Trinajstić information content (AvgIpc) is 2.46. The molecule has 0 spiro atoms. The first kappa shape index (κ1) is 14.6. The van der Waals surface area contributed by atoms with Gasteiger partial charge in [-0.1, -0.05) is 46.3 Å². The van der Waals surface area contributed by atoms with Crippen molar-refractivity contribution in [3.63, 3.8) is 0 Å². The van der Waals surface area contributed by atoms with Crippen LogP contribution in [0.2, 0.25) is 0 Å². The second-order valence-electron chi connectivity index (χ2n) is 5.61. The van der Waals surface area contributed by atoms with Crippen LogP contribution in [0.15, 0.2) is 53.0 Å². The summed E-state index contributed by atoms with van der Waals surface area (Å²) >= 11 is 3.55. The summed E-state index contributed by atoms with van der Waals surface area (Å²) in [5.74, 6) is 1.66. The highest BCUT2D eigenvalue weighted by Crippen LogP contribution is 2.37. The van der Waals surface area contributed by atoms with E-state index in [1.165, 1.54) is 28.4 Å². The summed E-state index contributed by atoms with van der Waals surface area (Å²) in [6.07, 6.45) is 2.43. The molecular weight excluding hydrogens is 326 g/mol. The lowest BCUT2D eigenvalue weighted by molar-refractivity contribution is 0.288. The maximum Gasteiger partial charge on any atom is 0.123 e. The van der Waals surface area contributed by atoms with Gasteiger partial charge in [0.2, 0.25) is 0 Å². The summed E-state index contributed by atoms with van der Waals surface area (Å²) < 4.78 is 6.56. The number of rotatable bonds is 5. The van der Waals surface area contributed by atoms with Gasteiger partial charge in [-0.15, -0.1) is 0 Å². The summed E-state index contributed by atoms with van der Waals surface area (Å²) in [5, 5.41) is 3.63. The molecule has 0 saturated heterocycles. The van der Waals surface area contributed by atoms with E-state index in [9.17, 15) is 0 Å². The molecular formula is C18H20BrNO. The highest BCUT2D eigenvalue weighted by molar-refractivity contribution is 9.10. The van der Waals surface area contributed by atoms with E-state index in [0.29, 0.717) is 12.0 Å². The number of hydrogen-bond acceptors (Lipinski definition) is 2. The molecule has 0 amide bonds. The zero-order valence-corrected chi connectivity index (χ0v) is 13.8. The first-order valence-corrected chi connectivity index (χ1v) is 8.16. The lowest BCUT2D eigenvalue weighted by Gasteiger charge is -2.36. The van der Waals surface area contributed by atoms with Crippen LogP contribution < -0.4 is 10.1 Å². The van der Waals surface area contributed by atoms with Crippen molar-refractivity contribution >= 4 is 15.9 Å². The number of nitrogens with one attached hydrogen (secondary N) is 1. The van der Waals surface area contributed by atoms with E-state index < -0.39 is 0 Å². The fraction of sp³-hybridized carbons (Fsp3) is 0.333. The molecule has 1 aliphatic carbocycles. The monoisotopic (exact) mass is 345 g/mol. The number of methoxy groups -OCH3 is 1. The molecule has 1 saturated carbocycles. The molecule has 0 heterocycles. The van der Waals surface area contributed by atoms with Crippen molar-refractivity contribution in [3.05, 3.63) is 64.1 Å². The van der Waals surface area contributed by atoms with Crippen LogP contribution in [0.3, 0.4) is 0 Å². The molecule has 21 heavy (non-hydrogen) atoms. The Morgan fingerprint density at radius 3 is 2.71 bits per heavy atom. The Bertz CT molecular complexity index is 608. The van der Waals surface area contributed by atoms with Crippen LogP contribution in [0.4, 0.5) is 0 Å². The van der Waals surface area contributed by atoms with E-state index in [4.69, 9.17) is 4.74 Å². The molecule has 2 nitrogen and oxygen atoms in total. The predicted octanol–water partition coefficient (Wildman–Crippen LogP) is 4.49. The summed E-state index contributed by atoms with van der Waals surface area (Å²) in [5.41, 5.74) is 2.67.